The number of hydrogen-bond acceptors (Lipinski definition) is 5. The Morgan fingerprint density at radius 2 is 1.92 bits per heavy atom. The van der Waals surface area contributed by atoms with Crippen molar-refractivity contribution in [2.24, 2.45) is 0 Å². The molecule has 1 aliphatic rings. The summed E-state index contributed by atoms with van der Waals surface area (Å²) < 4.78 is 84.1. The van der Waals surface area contributed by atoms with Gasteiger partial charge in [-0.1, -0.05) is 0 Å². The van der Waals surface area contributed by atoms with E-state index in [2.05, 4.69) is 4.98 Å². The first-order valence-electron chi connectivity index (χ1n) is 6.88. The zero-order valence-corrected chi connectivity index (χ0v) is 13.4. The maximum Gasteiger partial charge on any atom is 0.312 e. The van der Waals surface area contributed by atoms with Crippen LogP contribution in [0.3, 0.4) is 0 Å². The predicted molar refractivity (Wildman–Crippen MR) is 77.6 cm³/mol. The molecule has 0 saturated heterocycles. The van der Waals surface area contributed by atoms with Crippen molar-refractivity contribution in [1.82, 2.24) is 4.98 Å². The van der Waals surface area contributed by atoms with Crippen molar-refractivity contribution in [3.63, 3.8) is 0 Å². The summed E-state index contributed by atoms with van der Waals surface area (Å²) in [6, 6.07) is 2.79. The summed E-state index contributed by atoms with van der Waals surface area (Å²) >= 11 is 0. The molecule has 1 aromatic heterocycles. The van der Waals surface area contributed by atoms with Crippen LogP contribution in [0, 0.1) is 5.82 Å². The van der Waals surface area contributed by atoms with Gasteiger partial charge in [0.05, 0.1) is 17.3 Å². The summed E-state index contributed by atoms with van der Waals surface area (Å²) in [5, 5.41) is 9.78. The molecule has 1 heterocycles. The molecule has 0 unspecified atom stereocenters. The molecule has 2 atom stereocenters. The fourth-order valence-electron chi connectivity index (χ4n) is 2.65. The average Bonchev–Trinajstić information content (AvgIpc) is 2.68. The maximum absolute atomic E-state index is 14.3. The highest BCUT2D eigenvalue weighted by atomic mass is 32.2. The Kier molecular flexibility index (Phi) is 3.99. The number of aromatic nitrogens is 1. The van der Waals surface area contributed by atoms with E-state index in [0.717, 1.165) is 36.8 Å². The Balaban J connectivity index is 2.21. The highest BCUT2D eigenvalue weighted by Gasteiger charge is 2.58. The van der Waals surface area contributed by atoms with E-state index in [-0.39, 0.29) is 5.75 Å². The Bertz CT molecular complexity index is 949. The third kappa shape index (κ3) is 2.85. The van der Waals surface area contributed by atoms with Gasteiger partial charge in [-0.3, -0.25) is 4.98 Å². The minimum absolute atomic E-state index is 0.203. The van der Waals surface area contributed by atoms with Crippen LogP contribution in [0.5, 0.6) is 11.5 Å². The van der Waals surface area contributed by atoms with Gasteiger partial charge in [-0.2, -0.15) is 8.78 Å². The second-order valence-electron chi connectivity index (χ2n) is 5.54. The van der Waals surface area contributed by atoms with Crippen LogP contribution in [-0.2, 0) is 9.84 Å². The second kappa shape index (κ2) is 5.67. The van der Waals surface area contributed by atoms with Crippen molar-refractivity contribution >= 4 is 9.84 Å². The molecule has 3 rings (SSSR count). The highest BCUT2D eigenvalue weighted by molar-refractivity contribution is 7.90. The molecule has 1 N–H and O–H groups in total. The van der Waals surface area contributed by atoms with E-state index in [0.29, 0.717) is 0 Å². The molecule has 0 fully saturated rings. The van der Waals surface area contributed by atoms with Crippen LogP contribution in [0.4, 0.5) is 17.6 Å². The molecule has 0 saturated carbocycles. The lowest BCUT2D eigenvalue weighted by atomic mass is 10.1. The number of ether oxygens (including phenoxy) is 1. The molecule has 0 amide bonds. The Hall–Kier alpha value is -2.20. The molecule has 1 aromatic carbocycles. The topological polar surface area (TPSA) is 76.5 Å². The van der Waals surface area contributed by atoms with Gasteiger partial charge in [0, 0.05) is 23.4 Å². The first-order valence-corrected chi connectivity index (χ1v) is 8.78. The van der Waals surface area contributed by atoms with E-state index in [1.807, 2.05) is 0 Å². The van der Waals surface area contributed by atoms with Gasteiger partial charge >= 0.3 is 5.92 Å². The van der Waals surface area contributed by atoms with E-state index < -0.39 is 55.6 Å². The van der Waals surface area contributed by atoms with Crippen molar-refractivity contribution in [2.75, 3.05) is 6.26 Å². The third-order valence-electron chi connectivity index (χ3n) is 3.74. The van der Waals surface area contributed by atoms with Crippen LogP contribution in [0.1, 0.15) is 23.4 Å². The van der Waals surface area contributed by atoms with Gasteiger partial charge in [-0.05, 0) is 12.1 Å². The summed E-state index contributed by atoms with van der Waals surface area (Å²) in [6.45, 7) is 0. The molecule has 10 heteroatoms. The number of halogens is 4. The lowest BCUT2D eigenvalue weighted by Gasteiger charge is -2.16. The Labute approximate surface area is 139 Å². The number of hydrogen-bond donors (Lipinski definition) is 1. The molecule has 0 bridgehead atoms. The summed E-state index contributed by atoms with van der Waals surface area (Å²) in [5.74, 6) is -5.67. The predicted octanol–water partition coefficient (Wildman–Crippen LogP) is 3.11. The molecular formula is C15H11F4NO4S. The Morgan fingerprint density at radius 1 is 1.24 bits per heavy atom. The van der Waals surface area contributed by atoms with E-state index in [1.165, 1.54) is 0 Å². The summed E-state index contributed by atoms with van der Waals surface area (Å²) in [5.41, 5.74) is -1.55. The molecule has 0 radical (unpaired) electrons. The summed E-state index contributed by atoms with van der Waals surface area (Å²) in [4.78, 5) is 2.88. The van der Waals surface area contributed by atoms with E-state index in [4.69, 9.17) is 4.74 Å². The molecule has 1 aliphatic carbocycles. The number of aliphatic hydroxyl groups is 1. The zero-order valence-electron chi connectivity index (χ0n) is 12.6. The van der Waals surface area contributed by atoms with Crippen molar-refractivity contribution < 1.29 is 35.8 Å². The molecule has 0 aliphatic heterocycles. The Morgan fingerprint density at radius 3 is 2.52 bits per heavy atom. The summed E-state index contributed by atoms with van der Waals surface area (Å²) in [6.07, 6.45) is -2.96. The number of benzene rings is 1. The first-order chi connectivity index (χ1) is 11.5. The number of pyridine rings is 1. The fraction of sp³-hybridized carbons (Fsp3) is 0.267. The van der Waals surface area contributed by atoms with Crippen LogP contribution in [0.15, 0.2) is 35.5 Å². The normalized spacial score (nSPS) is 21.8. The number of rotatable bonds is 3. The van der Waals surface area contributed by atoms with Gasteiger partial charge in [0.2, 0.25) is 0 Å². The zero-order chi connectivity index (χ0) is 18.6. The first kappa shape index (κ1) is 17.6. The lowest BCUT2D eigenvalue weighted by molar-refractivity contribution is -0.143. The van der Waals surface area contributed by atoms with Crippen LogP contribution in [-0.4, -0.2) is 30.7 Å². The SMILES string of the molecule is CS(=O)(=O)c1ccc(Oc2cncc(F)c2)c2c1[C@H](O)C(F)(F)[C@H]2F. The maximum atomic E-state index is 14.3. The number of aliphatic hydroxyl groups excluding tert-OH is 1. The lowest BCUT2D eigenvalue weighted by Crippen LogP contribution is -2.24. The van der Waals surface area contributed by atoms with Crippen molar-refractivity contribution in [2.45, 2.75) is 23.1 Å². The largest absolute Gasteiger partial charge is 0.455 e. The van der Waals surface area contributed by atoms with E-state index in [9.17, 15) is 31.1 Å². The monoisotopic (exact) mass is 377 g/mol. The van der Waals surface area contributed by atoms with Crippen molar-refractivity contribution in [3.8, 4) is 11.5 Å². The number of nitrogens with zero attached hydrogens (tertiary/aromatic N) is 1. The highest BCUT2D eigenvalue weighted by Crippen LogP contribution is 2.57. The van der Waals surface area contributed by atoms with E-state index in [1.54, 1.807) is 0 Å². The second-order valence-corrected chi connectivity index (χ2v) is 7.53. The van der Waals surface area contributed by atoms with Gasteiger partial charge in [-0.25, -0.2) is 17.2 Å². The summed E-state index contributed by atoms with van der Waals surface area (Å²) in [7, 11) is -4.02. The van der Waals surface area contributed by atoms with E-state index >= 15 is 0 Å². The van der Waals surface area contributed by atoms with Crippen molar-refractivity contribution in [3.05, 3.63) is 47.5 Å². The molecule has 134 valence electrons. The minimum atomic E-state index is -4.23. The van der Waals surface area contributed by atoms with Crippen LogP contribution in [0.2, 0.25) is 0 Å². The molecule has 25 heavy (non-hydrogen) atoms. The molecule has 5 nitrogen and oxygen atoms in total. The van der Waals surface area contributed by atoms with Crippen LogP contribution >= 0.6 is 0 Å². The fourth-order valence-corrected chi connectivity index (χ4v) is 3.59. The molecule has 0 spiro atoms. The van der Waals surface area contributed by atoms with Crippen LogP contribution < -0.4 is 4.74 Å². The van der Waals surface area contributed by atoms with Gasteiger partial charge in [-0.15, -0.1) is 0 Å². The van der Waals surface area contributed by atoms with Gasteiger partial charge in [0.25, 0.3) is 0 Å². The number of alkyl halides is 3. The van der Waals surface area contributed by atoms with Gasteiger partial charge < -0.3 is 9.84 Å². The molecular weight excluding hydrogens is 366 g/mol. The minimum Gasteiger partial charge on any atom is -0.455 e. The third-order valence-corrected chi connectivity index (χ3v) is 4.90. The standard InChI is InChI=1S/C15H11F4NO4S/c1-25(22,23)10-3-2-9(24-8-4-7(16)5-20-6-8)11-12(10)14(21)15(18,19)13(11)17/h2-6,13-14,21H,1H3/t13-,14-/m0/s1. The molecule has 2 aromatic rings. The quantitative estimate of drug-likeness (QED) is 0.832. The van der Waals surface area contributed by atoms with Crippen molar-refractivity contribution in [1.29, 1.82) is 0 Å². The van der Waals surface area contributed by atoms with Crippen LogP contribution in [0.25, 0.3) is 0 Å². The average molecular weight is 377 g/mol. The van der Waals surface area contributed by atoms with Gasteiger partial charge in [0.1, 0.15) is 23.4 Å². The smallest absolute Gasteiger partial charge is 0.312 e. The van der Waals surface area contributed by atoms with Gasteiger partial charge in [0.15, 0.2) is 16.0 Å². The number of sulfone groups is 1. The number of fused-ring (bicyclic) bond motifs is 1.